The largest absolute Gasteiger partial charge is 0.412 e. The summed E-state index contributed by atoms with van der Waals surface area (Å²) in [5.74, 6) is -1.21. The van der Waals surface area contributed by atoms with Crippen LogP contribution >= 0.6 is 0 Å². The molecule has 3 aliphatic rings. The highest BCUT2D eigenvalue weighted by atomic mass is 19.4. The Labute approximate surface area is 193 Å². The molecule has 4 rings (SSSR count). The van der Waals surface area contributed by atoms with Crippen molar-refractivity contribution in [2.24, 2.45) is 0 Å². The lowest BCUT2D eigenvalue weighted by Gasteiger charge is -2.29. The molecule has 2 heterocycles. The second kappa shape index (κ2) is 8.96. The number of amides is 5. The van der Waals surface area contributed by atoms with Crippen molar-refractivity contribution in [3.63, 3.8) is 0 Å². The van der Waals surface area contributed by atoms with Crippen LogP contribution in [-0.4, -0.2) is 52.8 Å². The van der Waals surface area contributed by atoms with Crippen LogP contribution in [0.25, 0.3) is 0 Å². The lowest BCUT2D eigenvalue weighted by atomic mass is 10.0. The second-order valence-electron chi connectivity index (χ2n) is 8.49. The maximum atomic E-state index is 13.0. The van der Waals surface area contributed by atoms with Crippen LogP contribution in [0.1, 0.15) is 47.2 Å². The average Bonchev–Trinajstić information content (AvgIpc) is 3.11. The van der Waals surface area contributed by atoms with Gasteiger partial charge in [-0.05, 0) is 42.5 Å². The molecule has 1 unspecified atom stereocenters. The molecule has 1 aromatic carbocycles. The van der Waals surface area contributed by atoms with E-state index in [9.17, 15) is 32.3 Å². The minimum atomic E-state index is -4.44. The first kappa shape index (κ1) is 23.5. The minimum Gasteiger partial charge on any atom is -0.323 e. The van der Waals surface area contributed by atoms with Crippen LogP contribution in [0, 0.1) is 0 Å². The molecule has 11 heteroatoms. The zero-order chi connectivity index (χ0) is 24.6. The van der Waals surface area contributed by atoms with Crippen LogP contribution in [0.5, 0.6) is 0 Å². The normalized spacial score (nSPS) is 20.4. The van der Waals surface area contributed by atoms with Gasteiger partial charge in [-0.15, -0.1) is 0 Å². The van der Waals surface area contributed by atoms with Gasteiger partial charge < -0.3 is 15.1 Å². The first-order valence-corrected chi connectivity index (χ1v) is 10.8. The third-order valence-electron chi connectivity index (χ3n) is 6.16. The van der Waals surface area contributed by atoms with Crippen LogP contribution in [0.3, 0.4) is 0 Å². The molecule has 2 N–H and O–H groups in total. The molecule has 0 spiro atoms. The van der Waals surface area contributed by atoms with E-state index in [-0.39, 0.29) is 56.3 Å². The highest BCUT2D eigenvalue weighted by Gasteiger charge is 2.40. The van der Waals surface area contributed by atoms with E-state index in [0.29, 0.717) is 16.7 Å². The van der Waals surface area contributed by atoms with Crippen LogP contribution in [-0.2, 0) is 22.7 Å². The number of benzene rings is 1. The van der Waals surface area contributed by atoms with Crippen molar-refractivity contribution in [3.05, 3.63) is 58.3 Å². The van der Waals surface area contributed by atoms with Crippen molar-refractivity contribution < 1.29 is 32.3 Å². The molecule has 8 nitrogen and oxygen atoms in total. The van der Waals surface area contributed by atoms with Gasteiger partial charge in [-0.1, -0.05) is 18.2 Å². The average molecular weight is 476 g/mol. The molecule has 34 heavy (non-hydrogen) atoms. The fourth-order valence-electron chi connectivity index (χ4n) is 4.36. The Hall–Kier alpha value is -3.63. The van der Waals surface area contributed by atoms with Crippen LogP contribution in [0.15, 0.2) is 41.6 Å². The van der Waals surface area contributed by atoms with Crippen LogP contribution < -0.4 is 10.6 Å². The van der Waals surface area contributed by atoms with Crippen LogP contribution in [0.4, 0.5) is 18.0 Å². The highest BCUT2D eigenvalue weighted by Crippen LogP contribution is 2.33. The van der Waals surface area contributed by atoms with Crippen molar-refractivity contribution in [2.75, 3.05) is 7.05 Å². The summed E-state index contributed by atoms with van der Waals surface area (Å²) in [7, 11) is 1.50. The second-order valence-corrected chi connectivity index (χ2v) is 8.49. The van der Waals surface area contributed by atoms with E-state index in [1.165, 1.54) is 22.9 Å². The van der Waals surface area contributed by atoms with Gasteiger partial charge in [0, 0.05) is 43.4 Å². The van der Waals surface area contributed by atoms with E-state index in [4.69, 9.17) is 0 Å². The summed E-state index contributed by atoms with van der Waals surface area (Å²) < 4.78 is 38.9. The first-order valence-electron chi connectivity index (χ1n) is 10.8. The molecular weight excluding hydrogens is 453 g/mol. The molecule has 0 radical (unpaired) electrons. The number of imide groups is 1. The number of fused-ring (bicyclic) bond motifs is 1. The number of alkyl halides is 3. The number of allylic oxidation sites excluding steroid dienone is 3. The Morgan fingerprint density at radius 3 is 2.71 bits per heavy atom. The molecule has 2 aliphatic heterocycles. The van der Waals surface area contributed by atoms with Crippen molar-refractivity contribution in [3.8, 4) is 0 Å². The minimum absolute atomic E-state index is 0.0907. The molecule has 0 saturated carbocycles. The van der Waals surface area contributed by atoms with E-state index in [1.807, 2.05) is 0 Å². The number of urea groups is 1. The number of nitrogens with one attached hydrogen (secondary N) is 2. The van der Waals surface area contributed by atoms with Gasteiger partial charge in [0.2, 0.25) is 11.8 Å². The molecule has 0 bridgehead atoms. The molecular formula is C23H23F3N4O4. The standard InChI is InChI=1S/C23H23F3N4O4/c1-29(22(34)27-15-6-3-5-14(10-15)23(24,25)26)11-13-4-2-7-16-17(13)12-30(21(16)33)18-8-9-19(31)28-20(18)32/h2,4,6-7,10,18H,3,5,8-9,11-12H2,1H3,(H,27,34)(H,28,31,32). The summed E-state index contributed by atoms with van der Waals surface area (Å²) in [4.78, 5) is 52.0. The molecule has 1 aromatic rings. The fourth-order valence-corrected chi connectivity index (χ4v) is 4.36. The number of carbonyl (C=O) groups excluding carboxylic acids is 4. The lowest BCUT2D eigenvalue weighted by molar-refractivity contribution is -0.136. The zero-order valence-corrected chi connectivity index (χ0v) is 18.4. The Balaban J connectivity index is 1.45. The topological polar surface area (TPSA) is 98.8 Å². The summed E-state index contributed by atoms with van der Waals surface area (Å²) in [6, 6.07) is 3.73. The van der Waals surface area contributed by atoms with E-state index in [1.54, 1.807) is 18.2 Å². The summed E-state index contributed by atoms with van der Waals surface area (Å²) in [5, 5.41) is 4.75. The third kappa shape index (κ3) is 4.68. The number of hydrogen-bond donors (Lipinski definition) is 2. The maximum absolute atomic E-state index is 13.0. The summed E-state index contributed by atoms with van der Waals surface area (Å²) in [5.41, 5.74) is 1.17. The molecule has 1 saturated heterocycles. The Bertz CT molecular complexity index is 1130. The van der Waals surface area contributed by atoms with E-state index < -0.39 is 29.7 Å². The van der Waals surface area contributed by atoms with E-state index >= 15 is 0 Å². The fraction of sp³-hybridized carbons (Fsp3) is 0.391. The van der Waals surface area contributed by atoms with Gasteiger partial charge in [-0.25, -0.2) is 4.79 Å². The zero-order valence-electron chi connectivity index (χ0n) is 18.4. The Kier molecular flexibility index (Phi) is 6.20. The number of rotatable bonds is 4. The van der Waals surface area contributed by atoms with E-state index in [2.05, 4.69) is 10.6 Å². The Morgan fingerprint density at radius 1 is 1.24 bits per heavy atom. The van der Waals surface area contributed by atoms with Gasteiger partial charge in [0.15, 0.2) is 0 Å². The van der Waals surface area contributed by atoms with Gasteiger partial charge in [0.1, 0.15) is 6.04 Å². The van der Waals surface area contributed by atoms with Gasteiger partial charge in [-0.3, -0.25) is 19.7 Å². The predicted molar refractivity (Wildman–Crippen MR) is 114 cm³/mol. The number of halogens is 3. The first-order chi connectivity index (χ1) is 16.0. The third-order valence-corrected chi connectivity index (χ3v) is 6.16. The highest BCUT2D eigenvalue weighted by molar-refractivity contribution is 6.05. The van der Waals surface area contributed by atoms with Crippen molar-refractivity contribution >= 4 is 23.8 Å². The number of nitrogens with zero attached hydrogens (tertiary/aromatic N) is 2. The number of carbonyl (C=O) groups is 4. The Morgan fingerprint density at radius 2 is 2.00 bits per heavy atom. The SMILES string of the molecule is CN(Cc1cccc2c1CN(C1CCC(=O)NC1=O)C2=O)C(=O)NC1=CCCC(C(F)(F)F)=C1. The van der Waals surface area contributed by atoms with Crippen LogP contribution in [0.2, 0.25) is 0 Å². The number of hydrogen-bond acceptors (Lipinski definition) is 4. The molecule has 0 aromatic heterocycles. The van der Waals surface area contributed by atoms with Crippen molar-refractivity contribution in [2.45, 2.75) is 51.0 Å². The molecule has 5 amide bonds. The molecule has 180 valence electrons. The quantitative estimate of drug-likeness (QED) is 0.653. The summed E-state index contributed by atoms with van der Waals surface area (Å²) >= 11 is 0. The van der Waals surface area contributed by atoms with Gasteiger partial charge in [0.05, 0.1) is 0 Å². The van der Waals surface area contributed by atoms with Crippen molar-refractivity contribution in [1.29, 1.82) is 0 Å². The lowest BCUT2D eigenvalue weighted by Crippen LogP contribution is -2.52. The smallest absolute Gasteiger partial charge is 0.323 e. The van der Waals surface area contributed by atoms with Crippen molar-refractivity contribution in [1.82, 2.24) is 20.4 Å². The van der Waals surface area contributed by atoms with Gasteiger partial charge in [0.25, 0.3) is 5.91 Å². The summed E-state index contributed by atoms with van der Waals surface area (Å²) in [6.45, 7) is 0.267. The van der Waals surface area contributed by atoms with E-state index in [0.717, 1.165) is 6.08 Å². The van der Waals surface area contributed by atoms with Gasteiger partial charge >= 0.3 is 12.2 Å². The molecule has 1 aliphatic carbocycles. The number of piperidine rings is 1. The monoisotopic (exact) mass is 476 g/mol. The molecule has 1 atom stereocenters. The summed E-state index contributed by atoms with van der Waals surface area (Å²) in [6.07, 6.45) is -1.54. The maximum Gasteiger partial charge on any atom is 0.412 e. The predicted octanol–water partition coefficient (Wildman–Crippen LogP) is 2.76. The molecule has 1 fully saturated rings. The van der Waals surface area contributed by atoms with Gasteiger partial charge in [-0.2, -0.15) is 13.2 Å².